The number of hydrogen-bond donors (Lipinski definition) is 0. The van der Waals surface area contributed by atoms with Crippen LogP contribution in [0.4, 0.5) is 8.78 Å². The predicted molar refractivity (Wildman–Crippen MR) is 128 cm³/mol. The maximum Gasteiger partial charge on any atom is 0.337 e. The predicted octanol–water partition coefficient (Wildman–Crippen LogP) is 4.50. The summed E-state index contributed by atoms with van der Waals surface area (Å²) in [6.45, 7) is 3.96. The number of ether oxygens (including phenoxy) is 1. The van der Waals surface area contributed by atoms with Crippen molar-refractivity contribution in [2.75, 3.05) is 20.2 Å². The minimum atomic E-state index is -3.92. The van der Waals surface area contributed by atoms with E-state index in [1.165, 1.54) is 46.7 Å². The Morgan fingerprint density at radius 3 is 2.12 bits per heavy atom. The smallest absolute Gasteiger partial charge is 0.337 e. The largest absolute Gasteiger partial charge is 0.465 e. The molecule has 2 aromatic rings. The van der Waals surface area contributed by atoms with E-state index in [4.69, 9.17) is 0 Å². The highest BCUT2D eigenvalue weighted by Crippen LogP contribution is 2.40. The second-order valence-corrected chi connectivity index (χ2v) is 12.1. The van der Waals surface area contributed by atoms with E-state index in [2.05, 4.69) is 4.74 Å². The van der Waals surface area contributed by atoms with Crippen LogP contribution in [-0.2, 0) is 20.2 Å². The van der Waals surface area contributed by atoms with Gasteiger partial charge in [-0.05, 0) is 69.0 Å². The SMILES string of the molecule is COC(=O)c1ccc(C(=O)N2CCC(C(C)(C)S(=O)(=O)c3cccc(C(F)(F)P)c3)CC2)cc1. The Morgan fingerprint density at radius 2 is 1.59 bits per heavy atom. The lowest BCUT2D eigenvalue weighted by Crippen LogP contribution is -2.47. The standard InChI is InChI=1S/C24H28F2NO5PS/c1-23(2,34(30,31)20-6-4-5-19(15-20)24(25,26)33)18-11-13-27(14-12-18)21(28)16-7-9-17(10-8-16)22(29)32-3/h4-10,15,18H,11-14,33H2,1-3H3. The van der Waals surface area contributed by atoms with Gasteiger partial charge in [0, 0.05) is 24.2 Å². The van der Waals surface area contributed by atoms with Crippen molar-refractivity contribution in [3.63, 3.8) is 0 Å². The Kier molecular flexibility index (Phi) is 7.48. The third kappa shape index (κ3) is 5.15. The molecule has 1 heterocycles. The molecule has 1 aliphatic heterocycles. The zero-order valence-corrected chi connectivity index (χ0v) is 21.2. The zero-order valence-electron chi connectivity index (χ0n) is 19.3. The van der Waals surface area contributed by atoms with Crippen LogP contribution in [-0.4, -0.2) is 50.1 Å². The van der Waals surface area contributed by atoms with Crippen LogP contribution in [0.3, 0.4) is 0 Å². The van der Waals surface area contributed by atoms with Crippen LogP contribution in [0.5, 0.6) is 0 Å². The molecule has 0 bridgehead atoms. The first-order valence-electron chi connectivity index (χ1n) is 10.8. The molecule has 1 saturated heterocycles. The average Bonchev–Trinajstić information content (AvgIpc) is 2.82. The van der Waals surface area contributed by atoms with Gasteiger partial charge < -0.3 is 9.64 Å². The summed E-state index contributed by atoms with van der Waals surface area (Å²) in [6, 6.07) is 11.0. The molecule has 0 N–H and O–H groups in total. The number of nitrogens with zero attached hydrogens (tertiary/aromatic N) is 1. The van der Waals surface area contributed by atoms with Crippen LogP contribution < -0.4 is 0 Å². The molecule has 1 unspecified atom stereocenters. The molecule has 184 valence electrons. The van der Waals surface area contributed by atoms with E-state index < -0.39 is 26.2 Å². The first-order chi connectivity index (χ1) is 15.8. The van der Waals surface area contributed by atoms with Gasteiger partial charge in [-0.1, -0.05) is 21.4 Å². The number of hydrogen-bond acceptors (Lipinski definition) is 5. The molecular formula is C24H28F2NO5PS. The number of amides is 1. The van der Waals surface area contributed by atoms with Crippen LogP contribution in [0.2, 0.25) is 0 Å². The second kappa shape index (κ2) is 9.70. The fourth-order valence-corrected chi connectivity index (χ4v) is 6.22. The summed E-state index contributed by atoms with van der Waals surface area (Å²) in [4.78, 5) is 26.0. The fourth-order valence-electron chi connectivity index (χ4n) is 4.22. The maximum atomic E-state index is 13.7. The topological polar surface area (TPSA) is 80.8 Å². The summed E-state index contributed by atoms with van der Waals surface area (Å²) >= 11 is 0. The van der Waals surface area contributed by atoms with Crippen LogP contribution in [0, 0.1) is 5.92 Å². The first-order valence-corrected chi connectivity index (χ1v) is 12.8. The van der Waals surface area contributed by atoms with Gasteiger partial charge in [-0.2, -0.15) is 8.78 Å². The van der Waals surface area contributed by atoms with E-state index in [1.54, 1.807) is 30.9 Å². The second-order valence-electron chi connectivity index (χ2n) is 8.89. The van der Waals surface area contributed by atoms with E-state index in [9.17, 15) is 26.8 Å². The molecule has 0 aromatic heterocycles. The molecule has 1 aliphatic rings. The fraction of sp³-hybridized carbons (Fsp3) is 0.417. The Labute approximate surface area is 200 Å². The van der Waals surface area contributed by atoms with Gasteiger partial charge in [0.1, 0.15) is 0 Å². The van der Waals surface area contributed by atoms with Crippen molar-refractivity contribution in [1.29, 1.82) is 0 Å². The summed E-state index contributed by atoms with van der Waals surface area (Å²) in [6.07, 6.45) is 0.912. The summed E-state index contributed by atoms with van der Waals surface area (Å²) in [7, 11) is -1.21. The molecule has 1 atom stereocenters. The molecule has 0 aliphatic carbocycles. The molecule has 1 amide bonds. The summed E-state index contributed by atoms with van der Waals surface area (Å²) < 4.78 is 57.7. The molecule has 0 saturated carbocycles. The molecule has 3 rings (SSSR count). The lowest BCUT2D eigenvalue weighted by Gasteiger charge is -2.40. The van der Waals surface area contributed by atoms with Crippen molar-refractivity contribution in [3.8, 4) is 0 Å². The summed E-state index contributed by atoms with van der Waals surface area (Å²) in [5.41, 5.74) is -2.84. The van der Waals surface area contributed by atoms with E-state index >= 15 is 0 Å². The number of carbonyl (C=O) groups is 2. The van der Waals surface area contributed by atoms with Crippen LogP contribution >= 0.6 is 9.24 Å². The van der Waals surface area contributed by atoms with Crippen molar-refractivity contribution in [2.24, 2.45) is 5.92 Å². The number of alkyl halides is 2. The normalized spacial score (nSPS) is 15.8. The zero-order chi connectivity index (χ0) is 25.3. The van der Waals surface area contributed by atoms with Gasteiger partial charge in [0.05, 0.1) is 22.3 Å². The van der Waals surface area contributed by atoms with E-state index in [0.717, 1.165) is 6.07 Å². The highest BCUT2D eigenvalue weighted by atomic mass is 32.2. The minimum absolute atomic E-state index is 0.138. The molecule has 6 nitrogen and oxygen atoms in total. The molecule has 34 heavy (non-hydrogen) atoms. The molecular weight excluding hydrogens is 483 g/mol. The molecule has 0 radical (unpaired) electrons. The van der Waals surface area contributed by atoms with Crippen molar-refractivity contribution in [2.45, 2.75) is 42.0 Å². The summed E-state index contributed by atoms with van der Waals surface area (Å²) in [5.74, 6) is -0.954. The average molecular weight is 512 g/mol. The number of sulfone groups is 1. The number of piperidine rings is 1. The van der Waals surface area contributed by atoms with E-state index in [0.29, 0.717) is 37.1 Å². The molecule has 1 fully saturated rings. The Balaban J connectivity index is 1.72. The monoisotopic (exact) mass is 511 g/mol. The lowest BCUT2D eigenvalue weighted by atomic mass is 9.85. The number of methoxy groups -OCH3 is 1. The number of carbonyl (C=O) groups excluding carboxylic acids is 2. The van der Waals surface area contributed by atoms with Gasteiger partial charge in [-0.15, -0.1) is 0 Å². The minimum Gasteiger partial charge on any atom is -0.465 e. The Hall–Kier alpha value is -2.38. The van der Waals surface area contributed by atoms with E-state index in [1.807, 2.05) is 0 Å². The first kappa shape index (κ1) is 26.2. The van der Waals surface area contributed by atoms with Crippen molar-refractivity contribution >= 4 is 31.0 Å². The van der Waals surface area contributed by atoms with E-state index in [-0.39, 0.29) is 22.3 Å². The van der Waals surface area contributed by atoms with Gasteiger partial charge in [-0.25, -0.2) is 13.2 Å². The van der Waals surface area contributed by atoms with Crippen LogP contribution in [0.1, 0.15) is 53.0 Å². The number of halogens is 2. The molecule has 0 spiro atoms. The third-order valence-corrected chi connectivity index (χ3v) is 9.47. The van der Waals surface area contributed by atoms with Crippen molar-refractivity contribution in [1.82, 2.24) is 4.90 Å². The van der Waals surface area contributed by atoms with Gasteiger partial charge >= 0.3 is 5.97 Å². The van der Waals surface area contributed by atoms with Gasteiger partial charge in [0.2, 0.25) is 0 Å². The number of benzene rings is 2. The number of likely N-dealkylation sites (tertiary alicyclic amines) is 1. The van der Waals surface area contributed by atoms with Crippen molar-refractivity contribution in [3.05, 3.63) is 65.2 Å². The van der Waals surface area contributed by atoms with Gasteiger partial charge in [0.25, 0.3) is 11.6 Å². The Bertz CT molecular complexity index is 1170. The highest BCUT2D eigenvalue weighted by molar-refractivity contribution is 7.92. The van der Waals surface area contributed by atoms with Crippen molar-refractivity contribution < 1.29 is 31.5 Å². The van der Waals surface area contributed by atoms with Gasteiger partial charge in [0.15, 0.2) is 9.84 Å². The summed E-state index contributed by atoms with van der Waals surface area (Å²) in [5, 5.41) is 0. The number of esters is 1. The highest BCUT2D eigenvalue weighted by Gasteiger charge is 2.44. The van der Waals surface area contributed by atoms with Crippen LogP contribution in [0.25, 0.3) is 0 Å². The van der Waals surface area contributed by atoms with Gasteiger partial charge in [-0.3, -0.25) is 4.79 Å². The Morgan fingerprint density at radius 1 is 1.03 bits per heavy atom. The molecule has 2 aromatic carbocycles. The lowest BCUT2D eigenvalue weighted by molar-refractivity contribution is 0.0598. The number of rotatable bonds is 6. The molecule has 10 heteroatoms. The maximum absolute atomic E-state index is 13.7. The third-order valence-electron chi connectivity index (χ3n) is 6.54. The quantitative estimate of drug-likeness (QED) is 0.421. The van der Waals surface area contributed by atoms with Crippen LogP contribution in [0.15, 0.2) is 53.4 Å².